The Morgan fingerprint density at radius 3 is 2.65 bits per heavy atom. The lowest BCUT2D eigenvalue weighted by molar-refractivity contribution is -0.114. The van der Waals surface area contributed by atoms with E-state index in [1.165, 1.54) is 12.5 Å². The monoisotopic (exact) mass is 232 g/mol. The van der Waals surface area contributed by atoms with Gasteiger partial charge in [-0.15, -0.1) is 6.58 Å². The molecule has 0 saturated heterocycles. The van der Waals surface area contributed by atoms with Gasteiger partial charge in [0.25, 0.3) is 0 Å². The predicted molar refractivity (Wildman–Crippen MR) is 71.9 cm³/mol. The molecule has 0 aromatic heterocycles. The highest BCUT2D eigenvalue weighted by molar-refractivity contribution is 5.88. The maximum absolute atomic E-state index is 10.8. The van der Waals surface area contributed by atoms with Crippen LogP contribution in [-0.2, 0) is 11.3 Å². The van der Waals surface area contributed by atoms with Crippen LogP contribution in [0.1, 0.15) is 25.3 Å². The van der Waals surface area contributed by atoms with Crippen LogP contribution in [0, 0.1) is 0 Å². The molecule has 1 aromatic carbocycles. The summed E-state index contributed by atoms with van der Waals surface area (Å²) >= 11 is 0. The number of hydrogen-bond donors (Lipinski definition) is 2. The third kappa shape index (κ3) is 5.88. The fraction of sp³-hybridized carbons (Fsp3) is 0.357. The van der Waals surface area contributed by atoms with E-state index in [-0.39, 0.29) is 5.91 Å². The lowest BCUT2D eigenvalue weighted by atomic mass is 10.2. The van der Waals surface area contributed by atoms with Crippen molar-refractivity contribution < 1.29 is 4.79 Å². The molecule has 3 nitrogen and oxygen atoms in total. The van der Waals surface area contributed by atoms with E-state index in [0.29, 0.717) is 0 Å². The average molecular weight is 232 g/mol. The lowest BCUT2D eigenvalue weighted by Gasteiger charge is -2.06. The lowest BCUT2D eigenvalue weighted by Crippen LogP contribution is -2.14. The second kappa shape index (κ2) is 7.63. The number of unbranched alkanes of at least 4 members (excludes halogenated alkanes) is 1. The first-order valence-corrected chi connectivity index (χ1v) is 5.90. The summed E-state index contributed by atoms with van der Waals surface area (Å²) in [6.45, 7) is 7.05. The van der Waals surface area contributed by atoms with Gasteiger partial charge in [-0.1, -0.05) is 18.2 Å². The molecule has 0 radical (unpaired) electrons. The Labute approximate surface area is 103 Å². The molecule has 3 heteroatoms. The van der Waals surface area contributed by atoms with Crippen LogP contribution in [0.15, 0.2) is 36.9 Å². The second-order valence-corrected chi connectivity index (χ2v) is 3.99. The number of nitrogens with one attached hydrogen (secondary N) is 2. The van der Waals surface area contributed by atoms with Crippen LogP contribution >= 0.6 is 0 Å². The molecule has 2 N–H and O–H groups in total. The van der Waals surface area contributed by atoms with Crippen molar-refractivity contribution in [1.82, 2.24) is 5.32 Å². The van der Waals surface area contributed by atoms with E-state index in [9.17, 15) is 4.79 Å². The molecule has 0 aliphatic rings. The minimum atomic E-state index is -0.0414. The van der Waals surface area contributed by atoms with Crippen molar-refractivity contribution in [3.63, 3.8) is 0 Å². The molecule has 1 rings (SSSR count). The smallest absolute Gasteiger partial charge is 0.221 e. The molecule has 0 fully saturated rings. The highest BCUT2D eigenvalue weighted by Gasteiger charge is 1.96. The Bertz CT molecular complexity index is 357. The van der Waals surface area contributed by atoms with Crippen LogP contribution in [-0.4, -0.2) is 12.5 Å². The quantitative estimate of drug-likeness (QED) is 0.560. The van der Waals surface area contributed by atoms with E-state index >= 15 is 0 Å². The van der Waals surface area contributed by atoms with Gasteiger partial charge in [-0.25, -0.2) is 0 Å². The number of hydrogen-bond acceptors (Lipinski definition) is 2. The largest absolute Gasteiger partial charge is 0.326 e. The third-order valence-electron chi connectivity index (χ3n) is 2.37. The molecule has 1 amide bonds. The van der Waals surface area contributed by atoms with Gasteiger partial charge in [-0.2, -0.15) is 0 Å². The van der Waals surface area contributed by atoms with Gasteiger partial charge in [0.1, 0.15) is 0 Å². The van der Waals surface area contributed by atoms with Crippen LogP contribution in [0.3, 0.4) is 0 Å². The second-order valence-electron chi connectivity index (χ2n) is 3.99. The molecule has 0 aliphatic carbocycles. The highest BCUT2D eigenvalue weighted by Crippen LogP contribution is 2.09. The number of carbonyl (C=O) groups is 1. The van der Waals surface area contributed by atoms with Crippen LogP contribution in [0.2, 0.25) is 0 Å². The first-order valence-electron chi connectivity index (χ1n) is 5.90. The maximum Gasteiger partial charge on any atom is 0.221 e. The first-order chi connectivity index (χ1) is 8.22. The highest BCUT2D eigenvalue weighted by atomic mass is 16.1. The molecule has 0 aliphatic heterocycles. The predicted octanol–water partition coefficient (Wildman–Crippen LogP) is 2.70. The third-order valence-corrected chi connectivity index (χ3v) is 2.37. The SMILES string of the molecule is C=CCCCNCc1ccc(NC(C)=O)cc1. The molecule has 0 heterocycles. The van der Waals surface area contributed by atoms with Crippen molar-refractivity contribution in [3.8, 4) is 0 Å². The normalized spacial score (nSPS) is 9.94. The van der Waals surface area contributed by atoms with Crippen LogP contribution in [0.4, 0.5) is 5.69 Å². The fourth-order valence-electron chi connectivity index (χ4n) is 1.51. The fourth-order valence-corrected chi connectivity index (χ4v) is 1.51. The standard InChI is InChI=1S/C14H20N2O/c1-3-4-5-10-15-11-13-6-8-14(9-7-13)16-12(2)17/h3,6-9,15H,1,4-5,10-11H2,2H3,(H,16,17). The van der Waals surface area contributed by atoms with Crippen molar-refractivity contribution in [3.05, 3.63) is 42.5 Å². The van der Waals surface area contributed by atoms with E-state index in [1.807, 2.05) is 30.3 Å². The van der Waals surface area contributed by atoms with Gasteiger partial charge < -0.3 is 10.6 Å². The Kier molecular flexibility index (Phi) is 6.04. The van der Waals surface area contributed by atoms with Crippen molar-refractivity contribution in [2.24, 2.45) is 0 Å². The summed E-state index contributed by atoms with van der Waals surface area (Å²) in [6, 6.07) is 7.88. The number of amides is 1. The van der Waals surface area contributed by atoms with Gasteiger partial charge in [0.05, 0.1) is 0 Å². The zero-order valence-electron chi connectivity index (χ0n) is 10.3. The number of benzene rings is 1. The molecular weight excluding hydrogens is 212 g/mol. The summed E-state index contributed by atoms with van der Waals surface area (Å²) in [4.78, 5) is 10.8. The van der Waals surface area contributed by atoms with Crippen LogP contribution in [0.25, 0.3) is 0 Å². The van der Waals surface area contributed by atoms with Gasteiger partial charge in [0.15, 0.2) is 0 Å². The summed E-state index contributed by atoms with van der Waals surface area (Å²) in [7, 11) is 0. The van der Waals surface area contributed by atoms with Crippen molar-refractivity contribution in [1.29, 1.82) is 0 Å². The molecule has 0 atom stereocenters. The Balaban J connectivity index is 2.30. The Hall–Kier alpha value is -1.61. The van der Waals surface area contributed by atoms with Crippen molar-refractivity contribution in [2.45, 2.75) is 26.3 Å². The summed E-state index contributed by atoms with van der Waals surface area (Å²) in [5.74, 6) is -0.0414. The summed E-state index contributed by atoms with van der Waals surface area (Å²) in [6.07, 6.45) is 4.10. The van der Waals surface area contributed by atoms with Gasteiger partial charge in [-0.05, 0) is 37.1 Å². The molecule has 0 spiro atoms. The van der Waals surface area contributed by atoms with E-state index in [4.69, 9.17) is 0 Å². The van der Waals surface area contributed by atoms with Gasteiger partial charge >= 0.3 is 0 Å². The average Bonchev–Trinajstić information content (AvgIpc) is 2.30. The van der Waals surface area contributed by atoms with E-state index < -0.39 is 0 Å². The zero-order chi connectivity index (χ0) is 12.5. The zero-order valence-corrected chi connectivity index (χ0v) is 10.3. The van der Waals surface area contributed by atoms with Gasteiger partial charge in [0.2, 0.25) is 5.91 Å². The van der Waals surface area contributed by atoms with Crippen LogP contribution < -0.4 is 10.6 Å². The molecule has 0 unspecified atom stereocenters. The number of rotatable bonds is 7. The van der Waals surface area contributed by atoms with Crippen LogP contribution in [0.5, 0.6) is 0 Å². The number of carbonyl (C=O) groups excluding carboxylic acids is 1. The Morgan fingerprint density at radius 1 is 1.35 bits per heavy atom. The molecule has 0 bridgehead atoms. The van der Waals surface area contributed by atoms with E-state index in [2.05, 4.69) is 17.2 Å². The molecule has 1 aromatic rings. The number of anilines is 1. The molecule has 0 saturated carbocycles. The molecule has 92 valence electrons. The van der Waals surface area contributed by atoms with Crippen molar-refractivity contribution in [2.75, 3.05) is 11.9 Å². The summed E-state index contributed by atoms with van der Waals surface area (Å²) in [5, 5.41) is 6.11. The van der Waals surface area contributed by atoms with Crippen molar-refractivity contribution >= 4 is 11.6 Å². The Morgan fingerprint density at radius 2 is 2.06 bits per heavy atom. The molecular formula is C14H20N2O. The minimum absolute atomic E-state index is 0.0414. The van der Waals surface area contributed by atoms with E-state index in [0.717, 1.165) is 31.6 Å². The first kappa shape index (κ1) is 13.5. The van der Waals surface area contributed by atoms with Gasteiger partial charge in [-0.3, -0.25) is 4.79 Å². The molecule has 17 heavy (non-hydrogen) atoms. The summed E-state index contributed by atoms with van der Waals surface area (Å²) in [5.41, 5.74) is 2.06. The van der Waals surface area contributed by atoms with Gasteiger partial charge in [0, 0.05) is 19.2 Å². The minimum Gasteiger partial charge on any atom is -0.326 e. The maximum atomic E-state index is 10.8. The topological polar surface area (TPSA) is 41.1 Å². The summed E-state index contributed by atoms with van der Waals surface area (Å²) < 4.78 is 0. The number of allylic oxidation sites excluding steroid dienone is 1. The van der Waals surface area contributed by atoms with E-state index in [1.54, 1.807) is 0 Å².